The number of hydrogen-bond donors (Lipinski definition) is 0. The number of benzene rings is 1. The molecule has 5 nitrogen and oxygen atoms in total. The highest BCUT2D eigenvalue weighted by Gasteiger charge is 2.08. The molecule has 0 heterocycles. The fraction of sp³-hybridized carbons (Fsp3) is 0.429. The van der Waals surface area contributed by atoms with Crippen LogP contribution in [-0.4, -0.2) is 25.8 Å². The van der Waals surface area contributed by atoms with Crippen LogP contribution in [0.25, 0.3) is 0 Å². The van der Waals surface area contributed by atoms with Crippen molar-refractivity contribution >= 4 is 12.1 Å². The molecule has 104 valence electrons. The molecule has 0 unspecified atom stereocenters. The van der Waals surface area contributed by atoms with Crippen LogP contribution in [0.1, 0.15) is 36.5 Å². The summed E-state index contributed by atoms with van der Waals surface area (Å²) < 4.78 is 14.3. The fourth-order valence-corrected chi connectivity index (χ4v) is 1.40. The molecular formula is C14H18O5. The lowest BCUT2D eigenvalue weighted by Gasteiger charge is -2.05. The molecule has 0 N–H and O–H groups in total. The van der Waals surface area contributed by atoms with Gasteiger partial charge in [-0.2, -0.15) is 0 Å². The van der Waals surface area contributed by atoms with E-state index in [1.54, 1.807) is 12.1 Å². The summed E-state index contributed by atoms with van der Waals surface area (Å²) in [6.07, 6.45) is 2.19. The van der Waals surface area contributed by atoms with Crippen molar-refractivity contribution in [3.63, 3.8) is 0 Å². The van der Waals surface area contributed by atoms with Crippen molar-refractivity contribution in [2.24, 2.45) is 0 Å². The normalized spacial score (nSPS) is 9.79. The first-order valence-electron chi connectivity index (χ1n) is 6.20. The summed E-state index contributed by atoms with van der Waals surface area (Å²) in [5.41, 5.74) is 0.425. The van der Waals surface area contributed by atoms with Gasteiger partial charge in [0.25, 0.3) is 0 Å². The van der Waals surface area contributed by atoms with Gasteiger partial charge in [-0.05, 0) is 30.7 Å². The summed E-state index contributed by atoms with van der Waals surface area (Å²) in [5, 5.41) is 0. The molecule has 0 fully saturated rings. The second-order valence-corrected chi connectivity index (χ2v) is 3.92. The zero-order chi connectivity index (χ0) is 14.1. The first kappa shape index (κ1) is 15.0. The summed E-state index contributed by atoms with van der Waals surface area (Å²) in [6.45, 7) is 2.51. The van der Waals surface area contributed by atoms with E-state index in [1.165, 1.54) is 19.2 Å². The van der Waals surface area contributed by atoms with Crippen molar-refractivity contribution in [1.29, 1.82) is 0 Å². The molecule has 0 aliphatic heterocycles. The number of unbranched alkanes of at least 4 members (excludes halogenated alkanes) is 2. The van der Waals surface area contributed by atoms with Crippen LogP contribution in [0.2, 0.25) is 0 Å². The summed E-state index contributed by atoms with van der Waals surface area (Å²) in [6, 6.07) is 6.11. The number of carbonyl (C=O) groups is 2. The molecule has 0 spiro atoms. The van der Waals surface area contributed by atoms with Crippen LogP contribution < -0.4 is 4.74 Å². The maximum atomic E-state index is 11.6. The second kappa shape index (κ2) is 8.13. The lowest BCUT2D eigenvalue weighted by Crippen LogP contribution is -2.08. The number of esters is 1. The Hall–Kier alpha value is -2.04. The van der Waals surface area contributed by atoms with E-state index in [9.17, 15) is 9.59 Å². The average Bonchev–Trinajstić information content (AvgIpc) is 2.44. The largest absolute Gasteiger partial charge is 0.513 e. The predicted molar refractivity (Wildman–Crippen MR) is 69.3 cm³/mol. The molecule has 0 atom stereocenters. The summed E-state index contributed by atoms with van der Waals surface area (Å²) in [4.78, 5) is 22.5. The molecule has 1 aromatic carbocycles. The van der Waals surface area contributed by atoms with Crippen LogP contribution in [0.5, 0.6) is 5.75 Å². The van der Waals surface area contributed by atoms with Crippen molar-refractivity contribution in [3.8, 4) is 5.75 Å². The van der Waals surface area contributed by atoms with Crippen LogP contribution in [0.15, 0.2) is 24.3 Å². The third-order valence-corrected chi connectivity index (χ3v) is 2.44. The molecule has 1 aromatic rings. The number of methoxy groups -OCH3 is 1. The molecule has 0 radical (unpaired) electrons. The molecule has 0 amide bonds. The molecule has 0 saturated heterocycles. The van der Waals surface area contributed by atoms with Gasteiger partial charge in [0.15, 0.2) is 0 Å². The van der Waals surface area contributed by atoms with Gasteiger partial charge in [0.05, 0.1) is 19.3 Å². The molecular weight excluding hydrogens is 248 g/mol. The Morgan fingerprint density at radius 3 is 2.37 bits per heavy atom. The fourth-order valence-electron chi connectivity index (χ4n) is 1.40. The third kappa shape index (κ3) is 5.42. The van der Waals surface area contributed by atoms with Gasteiger partial charge in [-0.1, -0.05) is 19.8 Å². The first-order valence-corrected chi connectivity index (χ1v) is 6.20. The van der Waals surface area contributed by atoms with Gasteiger partial charge in [-0.25, -0.2) is 9.59 Å². The quantitative estimate of drug-likeness (QED) is 0.449. The van der Waals surface area contributed by atoms with Crippen molar-refractivity contribution in [2.75, 3.05) is 13.7 Å². The predicted octanol–water partition coefficient (Wildman–Crippen LogP) is 3.18. The van der Waals surface area contributed by atoms with Crippen molar-refractivity contribution < 1.29 is 23.8 Å². The molecule has 0 aliphatic carbocycles. The molecule has 5 heteroatoms. The van der Waals surface area contributed by atoms with E-state index < -0.39 is 6.16 Å². The zero-order valence-electron chi connectivity index (χ0n) is 11.2. The highest BCUT2D eigenvalue weighted by atomic mass is 16.7. The molecule has 0 bridgehead atoms. The Morgan fingerprint density at radius 1 is 1.11 bits per heavy atom. The molecule has 0 saturated carbocycles. The maximum Gasteiger partial charge on any atom is 0.513 e. The Kier molecular flexibility index (Phi) is 6.43. The van der Waals surface area contributed by atoms with Gasteiger partial charge in [0.2, 0.25) is 0 Å². The van der Waals surface area contributed by atoms with Crippen molar-refractivity contribution in [3.05, 3.63) is 29.8 Å². The van der Waals surface area contributed by atoms with Gasteiger partial charge in [-0.15, -0.1) is 0 Å². The van der Waals surface area contributed by atoms with E-state index in [4.69, 9.17) is 9.47 Å². The lowest BCUT2D eigenvalue weighted by molar-refractivity contribution is 0.0498. The number of carbonyl (C=O) groups excluding carboxylic acids is 2. The topological polar surface area (TPSA) is 61.8 Å². The minimum absolute atomic E-state index is 0.314. The number of hydrogen-bond acceptors (Lipinski definition) is 5. The highest BCUT2D eigenvalue weighted by molar-refractivity contribution is 5.89. The van der Waals surface area contributed by atoms with Crippen LogP contribution in [0.4, 0.5) is 4.79 Å². The Labute approximate surface area is 112 Å². The SMILES string of the molecule is CCCCCOC(=O)c1ccc(OC(=O)OC)cc1. The third-order valence-electron chi connectivity index (χ3n) is 2.44. The van der Waals surface area contributed by atoms with Gasteiger partial charge in [-0.3, -0.25) is 0 Å². The van der Waals surface area contributed by atoms with E-state index in [0.717, 1.165) is 19.3 Å². The van der Waals surface area contributed by atoms with Crippen LogP contribution in [-0.2, 0) is 9.47 Å². The summed E-state index contributed by atoms with van der Waals surface area (Å²) >= 11 is 0. The number of rotatable bonds is 6. The van der Waals surface area contributed by atoms with E-state index in [-0.39, 0.29) is 5.97 Å². The standard InChI is InChI=1S/C14H18O5/c1-3-4-5-10-18-13(15)11-6-8-12(9-7-11)19-14(16)17-2/h6-9H,3-5,10H2,1-2H3. The summed E-state index contributed by atoms with van der Waals surface area (Å²) in [7, 11) is 1.23. The molecule has 0 aromatic heterocycles. The minimum atomic E-state index is -0.796. The van der Waals surface area contributed by atoms with Crippen LogP contribution in [0.3, 0.4) is 0 Å². The Morgan fingerprint density at radius 2 is 1.79 bits per heavy atom. The zero-order valence-corrected chi connectivity index (χ0v) is 11.2. The molecule has 0 aliphatic rings. The minimum Gasteiger partial charge on any atom is -0.462 e. The smallest absolute Gasteiger partial charge is 0.462 e. The highest BCUT2D eigenvalue weighted by Crippen LogP contribution is 2.13. The average molecular weight is 266 g/mol. The monoisotopic (exact) mass is 266 g/mol. The van der Waals surface area contributed by atoms with Crippen molar-refractivity contribution in [1.82, 2.24) is 0 Å². The van der Waals surface area contributed by atoms with Gasteiger partial charge >= 0.3 is 12.1 Å². The molecule has 19 heavy (non-hydrogen) atoms. The first-order chi connectivity index (χ1) is 9.17. The lowest BCUT2D eigenvalue weighted by atomic mass is 10.2. The van der Waals surface area contributed by atoms with Gasteiger partial charge in [0, 0.05) is 0 Å². The molecule has 1 rings (SSSR count). The van der Waals surface area contributed by atoms with Crippen LogP contribution in [0, 0.1) is 0 Å². The van der Waals surface area contributed by atoms with E-state index >= 15 is 0 Å². The van der Waals surface area contributed by atoms with E-state index in [0.29, 0.717) is 17.9 Å². The van der Waals surface area contributed by atoms with E-state index in [2.05, 4.69) is 11.7 Å². The summed E-state index contributed by atoms with van der Waals surface area (Å²) in [5.74, 6) is -0.0601. The van der Waals surface area contributed by atoms with Gasteiger partial charge in [0.1, 0.15) is 5.75 Å². The second-order valence-electron chi connectivity index (χ2n) is 3.92. The van der Waals surface area contributed by atoms with E-state index in [1.807, 2.05) is 0 Å². The van der Waals surface area contributed by atoms with Gasteiger partial charge < -0.3 is 14.2 Å². The Balaban J connectivity index is 2.46. The van der Waals surface area contributed by atoms with Crippen LogP contribution >= 0.6 is 0 Å². The Bertz CT molecular complexity index is 410. The number of ether oxygens (including phenoxy) is 3. The maximum absolute atomic E-state index is 11.6. The van der Waals surface area contributed by atoms with Crippen molar-refractivity contribution in [2.45, 2.75) is 26.2 Å².